The molecule has 1 aliphatic rings. The Kier molecular flexibility index (Phi) is 4.37. The minimum absolute atomic E-state index is 0.162. The maximum Gasteiger partial charge on any atom is 0.327 e. The topological polar surface area (TPSA) is 38.3 Å². The van der Waals surface area contributed by atoms with Crippen molar-refractivity contribution in [2.45, 2.75) is 45.2 Å². The number of nitrogens with one attached hydrogen (secondary N) is 1. The van der Waals surface area contributed by atoms with Gasteiger partial charge in [0.1, 0.15) is 6.04 Å². The maximum absolute atomic E-state index is 12.1. The number of esters is 1. The molecule has 98 valence electrons. The summed E-state index contributed by atoms with van der Waals surface area (Å²) in [5, 5.41) is 3.39. The summed E-state index contributed by atoms with van der Waals surface area (Å²) in [6.07, 6.45) is 3.24. The van der Waals surface area contributed by atoms with Crippen molar-refractivity contribution >= 4 is 5.97 Å². The SMILES string of the molecule is CCOC(=O)C(NC1CC1)c1ccccc1CC. The quantitative estimate of drug-likeness (QED) is 0.785. The smallest absolute Gasteiger partial charge is 0.327 e. The molecule has 3 heteroatoms. The summed E-state index contributed by atoms with van der Waals surface area (Å²) in [5.74, 6) is -0.162. The first-order chi connectivity index (χ1) is 8.76. The number of carbonyl (C=O) groups is 1. The molecule has 1 aromatic carbocycles. The lowest BCUT2D eigenvalue weighted by atomic mass is 9.98. The van der Waals surface area contributed by atoms with Gasteiger partial charge in [0.25, 0.3) is 0 Å². The fourth-order valence-electron chi connectivity index (χ4n) is 2.13. The molecule has 0 radical (unpaired) electrons. The predicted octanol–water partition coefficient (Wildman–Crippen LogP) is 2.61. The highest BCUT2D eigenvalue weighted by Gasteiger charge is 2.31. The first-order valence-corrected chi connectivity index (χ1v) is 6.76. The van der Waals surface area contributed by atoms with Crippen molar-refractivity contribution in [3.05, 3.63) is 35.4 Å². The van der Waals surface area contributed by atoms with Crippen LogP contribution in [0.1, 0.15) is 43.9 Å². The van der Waals surface area contributed by atoms with Gasteiger partial charge >= 0.3 is 5.97 Å². The van der Waals surface area contributed by atoms with Crippen molar-refractivity contribution in [1.29, 1.82) is 0 Å². The summed E-state index contributed by atoms with van der Waals surface area (Å²) in [6.45, 7) is 4.38. The lowest BCUT2D eigenvalue weighted by molar-refractivity contribution is -0.145. The summed E-state index contributed by atoms with van der Waals surface area (Å²) >= 11 is 0. The number of ether oxygens (including phenoxy) is 1. The van der Waals surface area contributed by atoms with E-state index in [1.165, 1.54) is 5.56 Å². The molecule has 0 aromatic heterocycles. The van der Waals surface area contributed by atoms with Gasteiger partial charge in [0.05, 0.1) is 6.61 Å². The van der Waals surface area contributed by atoms with Gasteiger partial charge in [-0.15, -0.1) is 0 Å². The lowest BCUT2D eigenvalue weighted by Crippen LogP contribution is -2.32. The Hall–Kier alpha value is -1.35. The Morgan fingerprint density at radius 2 is 2.11 bits per heavy atom. The van der Waals surface area contributed by atoms with Gasteiger partial charge in [0, 0.05) is 6.04 Å². The van der Waals surface area contributed by atoms with Crippen LogP contribution in [0, 0.1) is 0 Å². The zero-order chi connectivity index (χ0) is 13.0. The minimum Gasteiger partial charge on any atom is -0.465 e. The van der Waals surface area contributed by atoms with Crippen molar-refractivity contribution in [1.82, 2.24) is 5.32 Å². The Morgan fingerprint density at radius 1 is 1.39 bits per heavy atom. The first kappa shape index (κ1) is 13.1. The van der Waals surface area contributed by atoms with Crippen LogP contribution in [0.3, 0.4) is 0 Å². The fraction of sp³-hybridized carbons (Fsp3) is 0.533. The molecule has 1 aliphatic carbocycles. The fourth-order valence-corrected chi connectivity index (χ4v) is 2.13. The summed E-state index contributed by atoms with van der Waals surface area (Å²) in [6, 6.07) is 8.26. The Labute approximate surface area is 109 Å². The Bertz CT molecular complexity index is 413. The minimum atomic E-state index is -0.311. The number of carbonyl (C=O) groups excluding carboxylic acids is 1. The molecule has 2 rings (SSSR count). The van der Waals surface area contributed by atoms with Crippen molar-refractivity contribution in [2.75, 3.05) is 6.61 Å². The van der Waals surface area contributed by atoms with Gasteiger partial charge in [-0.25, -0.2) is 4.79 Å². The highest BCUT2D eigenvalue weighted by molar-refractivity contribution is 5.78. The largest absolute Gasteiger partial charge is 0.465 e. The van der Waals surface area contributed by atoms with E-state index in [-0.39, 0.29) is 12.0 Å². The van der Waals surface area contributed by atoms with Crippen LogP contribution in [0.25, 0.3) is 0 Å². The second-order valence-electron chi connectivity index (χ2n) is 4.68. The molecule has 0 aliphatic heterocycles. The van der Waals surface area contributed by atoms with Crippen LogP contribution >= 0.6 is 0 Å². The van der Waals surface area contributed by atoms with Crippen LogP contribution in [0.5, 0.6) is 0 Å². The maximum atomic E-state index is 12.1. The molecule has 18 heavy (non-hydrogen) atoms. The third-order valence-corrected chi connectivity index (χ3v) is 3.25. The predicted molar refractivity (Wildman–Crippen MR) is 71.4 cm³/mol. The van der Waals surface area contributed by atoms with E-state index in [0.29, 0.717) is 12.6 Å². The molecule has 1 saturated carbocycles. The monoisotopic (exact) mass is 247 g/mol. The van der Waals surface area contributed by atoms with Gasteiger partial charge < -0.3 is 4.74 Å². The van der Waals surface area contributed by atoms with Crippen LogP contribution in [0.4, 0.5) is 0 Å². The molecular formula is C15H21NO2. The van der Waals surface area contributed by atoms with Crippen molar-refractivity contribution in [2.24, 2.45) is 0 Å². The molecule has 1 atom stereocenters. The molecule has 1 aromatic rings. The van der Waals surface area contributed by atoms with E-state index < -0.39 is 0 Å². The zero-order valence-electron chi connectivity index (χ0n) is 11.1. The zero-order valence-corrected chi connectivity index (χ0v) is 11.1. The van der Waals surface area contributed by atoms with E-state index in [9.17, 15) is 4.79 Å². The van der Waals surface area contributed by atoms with Gasteiger partial charge in [0.15, 0.2) is 0 Å². The van der Waals surface area contributed by atoms with E-state index in [0.717, 1.165) is 24.8 Å². The summed E-state index contributed by atoms with van der Waals surface area (Å²) < 4.78 is 5.19. The van der Waals surface area contributed by atoms with Gasteiger partial charge in [-0.3, -0.25) is 5.32 Å². The molecule has 0 amide bonds. The molecule has 0 bridgehead atoms. The van der Waals surface area contributed by atoms with E-state index in [1.54, 1.807) is 0 Å². The van der Waals surface area contributed by atoms with Crippen LogP contribution in [0.15, 0.2) is 24.3 Å². The first-order valence-electron chi connectivity index (χ1n) is 6.76. The molecule has 1 N–H and O–H groups in total. The van der Waals surface area contributed by atoms with Gasteiger partial charge in [-0.2, -0.15) is 0 Å². The van der Waals surface area contributed by atoms with E-state index in [1.807, 2.05) is 25.1 Å². The number of rotatable bonds is 6. The van der Waals surface area contributed by atoms with E-state index in [2.05, 4.69) is 18.3 Å². The van der Waals surface area contributed by atoms with Gasteiger partial charge in [-0.1, -0.05) is 31.2 Å². The van der Waals surface area contributed by atoms with Crippen LogP contribution in [-0.2, 0) is 16.0 Å². The standard InChI is InChI=1S/C15H21NO2/c1-3-11-7-5-6-8-13(11)14(15(17)18-4-2)16-12-9-10-12/h5-8,12,14,16H,3-4,9-10H2,1-2H3. The molecule has 0 saturated heterocycles. The molecule has 0 spiro atoms. The summed E-state index contributed by atoms with van der Waals surface area (Å²) in [4.78, 5) is 12.1. The average Bonchev–Trinajstić information content (AvgIpc) is 3.20. The summed E-state index contributed by atoms with van der Waals surface area (Å²) in [5.41, 5.74) is 2.27. The third kappa shape index (κ3) is 3.10. The van der Waals surface area contributed by atoms with E-state index in [4.69, 9.17) is 4.74 Å². The Balaban J connectivity index is 2.22. The number of aryl methyl sites for hydroxylation is 1. The van der Waals surface area contributed by atoms with Crippen LogP contribution in [-0.4, -0.2) is 18.6 Å². The molecule has 0 heterocycles. The molecule has 1 fully saturated rings. The molecule has 3 nitrogen and oxygen atoms in total. The second-order valence-corrected chi connectivity index (χ2v) is 4.68. The van der Waals surface area contributed by atoms with Crippen molar-refractivity contribution in [3.8, 4) is 0 Å². The van der Waals surface area contributed by atoms with Crippen LogP contribution < -0.4 is 5.32 Å². The number of hydrogen-bond donors (Lipinski definition) is 1. The highest BCUT2D eigenvalue weighted by atomic mass is 16.5. The Morgan fingerprint density at radius 3 is 2.72 bits per heavy atom. The second kappa shape index (κ2) is 6.01. The number of benzene rings is 1. The van der Waals surface area contributed by atoms with Gasteiger partial charge in [0.2, 0.25) is 0 Å². The number of hydrogen-bond acceptors (Lipinski definition) is 3. The van der Waals surface area contributed by atoms with Crippen molar-refractivity contribution in [3.63, 3.8) is 0 Å². The van der Waals surface area contributed by atoms with Crippen molar-refractivity contribution < 1.29 is 9.53 Å². The van der Waals surface area contributed by atoms with E-state index >= 15 is 0 Å². The third-order valence-electron chi connectivity index (χ3n) is 3.25. The van der Waals surface area contributed by atoms with Crippen LogP contribution in [0.2, 0.25) is 0 Å². The highest BCUT2D eigenvalue weighted by Crippen LogP contribution is 2.27. The lowest BCUT2D eigenvalue weighted by Gasteiger charge is -2.20. The average molecular weight is 247 g/mol. The normalized spacial score (nSPS) is 16.3. The summed E-state index contributed by atoms with van der Waals surface area (Å²) in [7, 11) is 0. The molecular weight excluding hydrogens is 226 g/mol. The molecule has 1 unspecified atom stereocenters. The van der Waals surface area contributed by atoms with Gasteiger partial charge in [-0.05, 0) is 37.3 Å².